The van der Waals surface area contributed by atoms with E-state index in [1.807, 2.05) is 0 Å². The number of ether oxygens (including phenoxy) is 1. The maximum absolute atomic E-state index is 12.7. The fourth-order valence-corrected chi connectivity index (χ4v) is 4.45. The van der Waals surface area contributed by atoms with Crippen LogP contribution in [-0.2, 0) is 19.6 Å². The van der Waals surface area contributed by atoms with E-state index >= 15 is 0 Å². The third-order valence-electron chi connectivity index (χ3n) is 4.61. The fourth-order valence-electron chi connectivity index (χ4n) is 2.98. The molecule has 0 radical (unpaired) electrons. The van der Waals surface area contributed by atoms with Crippen molar-refractivity contribution in [1.82, 2.24) is 14.9 Å². The van der Waals surface area contributed by atoms with Crippen molar-refractivity contribution in [3.8, 4) is 5.75 Å². The fraction of sp³-hybridized carbons (Fsp3) is 0.556. The maximum atomic E-state index is 12.7. The Morgan fingerprint density at radius 2 is 1.79 bits per heavy atom. The van der Waals surface area contributed by atoms with Crippen LogP contribution in [0.15, 0.2) is 29.2 Å². The van der Waals surface area contributed by atoms with Gasteiger partial charge in [0.15, 0.2) is 0 Å². The van der Waals surface area contributed by atoms with Crippen LogP contribution in [0.2, 0.25) is 0 Å². The summed E-state index contributed by atoms with van der Waals surface area (Å²) >= 11 is 0. The van der Waals surface area contributed by atoms with E-state index in [2.05, 4.69) is 10.6 Å². The lowest BCUT2D eigenvalue weighted by Gasteiger charge is -2.30. The molecule has 1 aliphatic rings. The van der Waals surface area contributed by atoms with Gasteiger partial charge in [-0.25, -0.2) is 8.42 Å². The molecule has 0 atom stereocenters. The Morgan fingerprint density at radius 3 is 2.36 bits per heavy atom. The Balaban J connectivity index is 1.81. The van der Waals surface area contributed by atoms with Gasteiger partial charge in [0.05, 0.1) is 18.6 Å². The van der Waals surface area contributed by atoms with Crippen molar-refractivity contribution in [1.29, 1.82) is 0 Å². The second-order valence-corrected chi connectivity index (χ2v) is 8.41. The molecule has 3 N–H and O–H groups in total. The van der Waals surface area contributed by atoms with Crippen molar-refractivity contribution >= 4 is 21.8 Å². The van der Waals surface area contributed by atoms with Crippen LogP contribution in [0.4, 0.5) is 0 Å². The summed E-state index contributed by atoms with van der Waals surface area (Å²) in [5.41, 5.74) is 0. The standard InChI is InChI=1S/C18H27N3O6S/c1-27-15-2-4-16(5-3-15)28(25,26)21-11-7-14(8-12-21)18(24)20-9-6-17(23)19-10-13-22/h2-5,14,22H,6-13H2,1H3,(H,19,23)(H,20,24). The van der Waals surface area contributed by atoms with Crippen LogP contribution in [0.5, 0.6) is 5.75 Å². The monoisotopic (exact) mass is 413 g/mol. The minimum Gasteiger partial charge on any atom is -0.497 e. The number of hydrogen-bond donors (Lipinski definition) is 3. The van der Waals surface area contributed by atoms with Gasteiger partial charge in [-0.1, -0.05) is 0 Å². The van der Waals surface area contributed by atoms with Gasteiger partial charge >= 0.3 is 0 Å². The molecule has 1 aromatic rings. The van der Waals surface area contributed by atoms with E-state index in [-0.39, 0.29) is 61.8 Å². The van der Waals surface area contributed by atoms with Gasteiger partial charge < -0.3 is 20.5 Å². The molecule has 10 heteroatoms. The number of aliphatic hydroxyl groups excluding tert-OH is 1. The van der Waals surface area contributed by atoms with Gasteiger partial charge in [0.25, 0.3) is 0 Å². The first-order valence-corrected chi connectivity index (χ1v) is 10.6. The smallest absolute Gasteiger partial charge is 0.243 e. The van der Waals surface area contributed by atoms with Crippen LogP contribution in [0, 0.1) is 5.92 Å². The highest BCUT2D eigenvalue weighted by atomic mass is 32.2. The number of carbonyl (C=O) groups is 2. The molecule has 1 saturated heterocycles. The number of nitrogens with zero attached hydrogens (tertiary/aromatic N) is 1. The van der Waals surface area contributed by atoms with E-state index in [1.54, 1.807) is 12.1 Å². The largest absolute Gasteiger partial charge is 0.497 e. The lowest BCUT2D eigenvalue weighted by atomic mass is 9.97. The highest BCUT2D eigenvalue weighted by Crippen LogP contribution is 2.25. The summed E-state index contributed by atoms with van der Waals surface area (Å²) in [6, 6.07) is 6.22. The molecule has 0 unspecified atom stereocenters. The summed E-state index contributed by atoms with van der Waals surface area (Å²) in [5, 5.41) is 13.9. The number of piperidine rings is 1. The highest BCUT2D eigenvalue weighted by molar-refractivity contribution is 7.89. The minimum atomic E-state index is -3.60. The van der Waals surface area contributed by atoms with Gasteiger partial charge in [-0.15, -0.1) is 0 Å². The van der Waals surface area contributed by atoms with Gasteiger partial charge in [-0.2, -0.15) is 4.31 Å². The molecule has 1 fully saturated rings. The van der Waals surface area contributed by atoms with E-state index in [0.717, 1.165) is 0 Å². The molecule has 1 heterocycles. The molecular weight excluding hydrogens is 386 g/mol. The average Bonchev–Trinajstić information content (AvgIpc) is 2.72. The second-order valence-electron chi connectivity index (χ2n) is 6.47. The van der Waals surface area contributed by atoms with Crippen molar-refractivity contribution in [3.63, 3.8) is 0 Å². The SMILES string of the molecule is COc1ccc(S(=O)(=O)N2CCC(C(=O)NCCC(=O)NCCO)CC2)cc1. The number of amides is 2. The molecule has 156 valence electrons. The summed E-state index contributed by atoms with van der Waals surface area (Å²) in [5.74, 6) is -0.103. The predicted octanol–water partition coefficient (Wildman–Crippen LogP) is -0.289. The van der Waals surface area contributed by atoms with Crippen molar-refractivity contribution in [2.24, 2.45) is 5.92 Å². The lowest BCUT2D eigenvalue weighted by molar-refractivity contribution is -0.126. The third kappa shape index (κ3) is 5.91. The molecule has 0 saturated carbocycles. The zero-order chi connectivity index (χ0) is 20.6. The van der Waals surface area contributed by atoms with Gasteiger partial charge in [0, 0.05) is 38.5 Å². The number of nitrogens with one attached hydrogen (secondary N) is 2. The summed E-state index contributed by atoms with van der Waals surface area (Å²) < 4.78 is 31.9. The van der Waals surface area contributed by atoms with Gasteiger partial charge in [0.1, 0.15) is 5.75 Å². The highest BCUT2D eigenvalue weighted by Gasteiger charge is 2.32. The topological polar surface area (TPSA) is 125 Å². The van der Waals surface area contributed by atoms with Crippen molar-refractivity contribution in [2.45, 2.75) is 24.2 Å². The Hall–Kier alpha value is -2.17. The minimum absolute atomic E-state index is 0.129. The van der Waals surface area contributed by atoms with Crippen LogP contribution in [0.25, 0.3) is 0 Å². The number of hydrogen-bond acceptors (Lipinski definition) is 6. The molecule has 1 aliphatic heterocycles. The first-order valence-electron chi connectivity index (χ1n) is 9.18. The van der Waals surface area contributed by atoms with E-state index < -0.39 is 10.0 Å². The zero-order valence-electron chi connectivity index (χ0n) is 15.9. The normalized spacial score (nSPS) is 15.8. The molecule has 9 nitrogen and oxygen atoms in total. The number of carbonyl (C=O) groups excluding carboxylic acids is 2. The summed E-state index contributed by atoms with van der Waals surface area (Å²) in [7, 11) is -2.09. The molecule has 0 aliphatic carbocycles. The van der Waals surface area contributed by atoms with Crippen LogP contribution >= 0.6 is 0 Å². The van der Waals surface area contributed by atoms with Gasteiger partial charge in [-0.3, -0.25) is 9.59 Å². The van der Waals surface area contributed by atoms with E-state index in [0.29, 0.717) is 18.6 Å². The van der Waals surface area contributed by atoms with Gasteiger partial charge in [0.2, 0.25) is 21.8 Å². The lowest BCUT2D eigenvalue weighted by Crippen LogP contribution is -2.43. The molecule has 1 aromatic carbocycles. The molecule has 2 amide bonds. The second kappa shape index (κ2) is 10.4. The number of rotatable bonds is 9. The van der Waals surface area contributed by atoms with Crippen molar-refractivity contribution in [2.75, 3.05) is 39.9 Å². The average molecular weight is 413 g/mol. The van der Waals surface area contributed by atoms with Crippen LogP contribution in [0.1, 0.15) is 19.3 Å². The van der Waals surface area contributed by atoms with Crippen molar-refractivity contribution in [3.05, 3.63) is 24.3 Å². The number of aliphatic hydroxyl groups is 1. The zero-order valence-corrected chi connectivity index (χ0v) is 16.7. The Morgan fingerprint density at radius 1 is 1.14 bits per heavy atom. The van der Waals surface area contributed by atoms with Gasteiger partial charge in [-0.05, 0) is 37.1 Å². The molecule has 0 bridgehead atoms. The molecule has 0 aromatic heterocycles. The Labute approximate surface area is 165 Å². The summed E-state index contributed by atoms with van der Waals surface area (Å²) in [6.45, 7) is 0.803. The van der Waals surface area contributed by atoms with E-state index in [9.17, 15) is 18.0 Å². The number of benzene rings is 1. The maximum Gasteiger partial charge on any atom is 0.243 e. The predicted molar refractivity (Wildman–Crippen MR) is 102 cm³/mol. The molecule has 28 heavy (non-hydrogen) atoms. The van der Waals surface area contributed by atoms with E-state index in [4.69, 9.17) is 9.84 Å². The molecule has 0 spiro atoms. The Kier molecular flexibility index (Phi) is 8.21. The Bertz CT molecular complexity index is 758. The number of methoxy groups -OCH3 is 1. The van der Waals surface area contributed by atoms with Crippen LogP contribution in [0.3, 0.4) is 0 Å². The third-order valence-corrected chi connectivity index (χ3v) is 6.52. The van der Waals surface area contributed by atoms with Crippen molar-refractivity contribution < 1.29 is 27.9 Å². The molecular formula is C18H27N3O6S. The van der Waals surface area contributed by atoms with Crippen LogP contribution < -0.4 is 15.4 Å². The summed E-state index contributed by atoms with van der Waals surface area (Å²) in [6.07, 6.45) is 0.992. The summed E-state index contributed by atoms with van der Waals surface area (Å²) in [4.78, 5) is 23.9. The number of sulfonamides is 1. The molecule has 2 rings (SSSR count). The van der Waals surface area contributed by atoms with Crippen LogP contribution in [-0.4, -0.2) is 69.5 Å². The van der Waals surface area contributed by atoms with E-state index in [1.165, 1.54) is 23.5 Å². The first kappa shape index (κ1) is 22.1. The first-order chi connectivity index (χ1) is 13.4. The quantitative estimate of drug-likeness (QED) is 0.511.